The maximum atomic E-state index is 12.8. The molecule has 0 radical (unpaired) electrons. The van der Waals surface area contributed by atoms with E-state index < -0.39 is 27.8 Å². The number of hydrogen-bond donors (Lipinski definition) is 1. The highest BCUT2D eigenvalue weighted by Crippen LogP contribution is 2.16. The highest BCUT2D eigenvalue weighted by molar-refractivity contribution is 7.91. The normalized spacial score (nSPS) is 13.6. The fourth-order valence-corrected chi connectivity index (χ4v) is 4.50. The van der Waals surface area contributed by atoms with Crippen LogP contribution in [-0.2, 0) is 32.5 Å². The summed E-state index contributed by atoms with van der Waals surface area (Å²) in [5.74, 6) is -0.440. The molecule has 164 valence electrons. The Morgan fingerprint density at radius 3 is 1.94 bits per heavy atom. The second kappa shape index (κ2) is 11.2. The van der Waals surface area contributed by atoms with Gasteiger partial charge in [-0.1, -0.05) is 78.4 Å². The summed E-state index contributed by atoms with van der Waals surface area (Å²) in [5, 5.41) is 10.8. The standard InChI is InChI=1S/C25H28O5S/c1-20-12-14-23(15-13-20)31(27,28)19-24(26)25(30-17-22-10-6-3-7-11-22)18-29-16-21-8-4-2-5-9-21/h2-15,24-26H,16-19H2,1H3/t24-,25+/m1/s1. The Kier molecular flexibility index (Phi) is 8.37. The molecule has 0 aliphatic carbocycles. The van der Waals surface area contributed by atoms with Gasteiger partial charge in [0.25, 0.3) is 0 Å². The molecule has 3 aromatic carbocycles. The molecular weight excluding hydrogens is 412 g/mol. The zero-order valence-electron chi connectivity index (χ0n) is 17.6. The summed E-state index contributed by atoms with van der Waals surface area (Å²) >= 11 is 0. The summed E-state index contributed by atoms with van der Waals surface area (Å²) in [6.45, 7) is 2.57. The number of benzene rings is 3. The average Bonchev–Trinajstić information content (AvgIpc) is 2.77. The van der Waals surface area contributed by atoms with Crippen molar-refractivity contribution in [2.75, 3.05) is 12.4 Å². The van der Waals surface area contributed by atoms with Crippen LogP contribution in [0.4, 0.5) is 0 Å². The van der Waals surface area contributed by atoms with E-state index >= 15 is 0 Å². The number of rotatable bonds is 11. The molecule has 6 heteroatoms. The van der Waals surface area contributed by atoms with Crippen molar-refractivity contribution in [3.8, 4) is 0 Å². The van der Waals surface area contributed by atoms with Crippen LogP contribution in [0.1, 0.15) is 16.7 Å². The van der Waals surface area contributed by atoms with Crippen molar-refractivity contribution in [3.63, 3.8) is 0 Å². The predicted octanol–water partition coefficient (Wildman–Crippen LogP) is 3.93. The molecule has 0 bridgehead atoms. The molecule has 0 unspecified atom stereocenters. The first kappa shape index (κ1) is 23.2. The van der Waals surface area contributed by atoms with Crippen molar-refractivity contribution < 1.29 is 23.0 Å². The number of aliphatic hydroxyl groups is 1. The van der Waals surface area contributed by atoms with Gasteiger partial charge < -0.3 is 14.6 Å². The van der Waals surface area contributed by atoms with Crippen LogP contribution >= 0.6 is 0 Å². The Morgan fingerprint density at radius 1 is 0.806 bits per heavy atom. The third-order valence-corrected chi connectivity index (χ3v) is 6.67. The van der Waals surface area contributed by atoms with Crippen LogP contribution in [0, 0.1) is 6.92 Å². The largest absolute Gasteiger partial charge is 0.389 e. The van der Waals surface area contributed by atoms with Crippen LogP contribution in [0.15, 0.2) is 89.8 Å². The lowest BCUT2D eigenvalue weighted by molar-refractivity contribution is -0.0823. The average molecular weight is 441 g/mol. The molecule has 31 heavy (non-hydrogen) atoms. The molecule has 2 atom stereocenters. The van der Waals surface area contributed by atoms with Crippen LogP contribution in [0.3, 0.4) is 0 Å². The highest BCUT2D eigenvalue weighted by atomic mass is 32.2. The lowest BCUT2D eigenvalue weighted by atomic mass is 10.2. The third-order valence-electron chi connectivity index (χ3n) is 4.90. The Bertz CT molecular complexity index is 1020. The third kappa shape index (κ3) is 7.29. The quantitative estimate of drug-likeness (QED) is 0.489. The van der Waals surface area contributed by atoms with Gasteiger partial charge in [0.1, 0.15) is 6.10 Å². The molecule has 0 aromatic heterocycles. The molecule has 0 fully saturated rings. The lowest BCUT2D eigenvalue weighted by Gasteiger charge is -2.23. The van der Waals surface area contributed by atoms with Gasteiger partial charge in [0.2, 0.25) is 0 Å². The van der Waals surface area contributed by atoms with Crippen LogP contribution in [-0.4, -0.2) is 38.1 Å². The molecule has 1 N–H and O–H groups in total. The Labute approximate surface area is 184 Å². The molecular formula is C25H28O5S. The number of aryl methyl sites for hydroxylation is 1. The van der Waals surface area contributed by atoms with Gasteiger partial charge in [0.15, 0.2) is 9.84 Å². The van der Waals surface area contributed by atoms with Gasteiger partial charge in [-0.15, -0.1) is 0 Å². The first-order valence-corrected chi connectivity index (χ1v) is 11.8. The number of sulfone groups is 1. The molecule has 0 amide bonds. The van der Waals surface area contributed by atoms with Crippen molar-refractivity contribution in [1.82, 2.24) is 0 Å². The van der Waals surface area contributed by atoms with Crippen molar-refractivity contribution in [2.45, 2.75) is 37.2 Å². The van der Waals surface area contributed by atoms with E-state index in [9.17, 15) is 13.5 Å². The van der Waals surface area contributed by atoms with Crippen LogP contribution < -0.4 is 0 Å². The SMILES string of the molecule is Cc1ccc(S(=O)(=O)C[C@@H](O)[C@H](COCc2ccccc2)OCc2ccccc2)cc1. The minimum absolute atomic E-state index is 0.0757. The van der Waals surface area contributed by atoms with Crippen LogP contribution in [0.25, 0.3) is 0 Å². The highest BCUT2D eigenvalue weighted by Gasteiger charge is 2.27. The van der Waals surface area contributed by atoms with Crippen LogP contribution in [0.2, 0.25) is 0 Å². The van der Waals surface area contributed by atoms with Crippen molar-refractivity contribution in [1.29, 1.82) is 0 Å². The molecule has 0 heterocycles. The second-order valence-electron chi connectivity index (χ2n) is 7.50. The van der Waals surface area contributed by atoms with Crippen molar-refractivity contribution in [3.05, 3.63) is 102 Å². The molecule has 3 rings (SSSR count). The topological polar surface area (TPSA) is 72.8 Å². The molecule has 0 aliphatic heterocycles. The Morgan fingerprint density at radius 2 is 1.35 bits per heavy atom. The van der Waals surface area contributed by atoms with Crippen LogP contribution in [0.5, 0.6) is 0 Å². The Balaban J connectivity index is 1.66. The predicted molar refractivity (Wildman–Crippen MR) is 120 cm³/mol. The van der Waals surface area contributed by atoms with E-state index in [1.54, 1.807) is 24.3 Å². The lowest BCUT2D eigenvalue weighted by Crippen LogP contribution is -2.38. The monoisotopic (exact) mass is 440 g/mol. The van der Waals surface area contributed by atoms with Crippen molar-refractivity contribution >= 4 is 9.84 Å². The number of hydrogen-bond acceptors (Lipinski definition) is 5. The fourth-order valence-electron chi connectivity index (χ4n) is 3.09. The minimum Gasteiger partial charge on any atom is -0.389 e. The first-order chi connectivity index (χ1) is 14.9. The minimum atomic E-state index is -3.67. The van der Waals surface area contributed by atoms with Gasteiger partial charge in [0.05, 0.1) is 36.6 Å². The summed E-state index contributed by atoms with van der Waals surface area (Å²) in [6.07, 6.45) is -2.02. The summed E-state index contributed by atoms with van der Waals surface area (Å²) in [4.78, 5) is 0.184. The van der Waals surface area contributed by atoms with Gasteiger partial charge >= 0.3 is 0 Å². The van der Waals surface area contributed by atoms with Gasteiger partial charge in [-0.05, 0) is 30.2 Å². The summed E-state index contributed by atoms with van der Waals surface area (Å²) < 4.78 is 37.2. The first-order valence-electron chi connectivity index (χ1n) is 10.2. The molecule has 0 spiro atoms. The fraction of sp³-hybridized carbons (Fsp3) is 0.280. The van der Waals surface area contributed by atoms with Gasteiger partial charge in [0, 0.05) is 0 Å². The van der Waals surface area contributed by atoms with E-state index in [1.807, 2.05) is 67.6 Å². The molecule has 0 aliphatic rings. The molecule has 0 saturated carbocycles. The Hall–Kier alpha value is -2.51. The van der Waals surface area contributed by atoms with E-state index in [-0.39, 0.29) is 18.1 Å². The smallest absolute Gasteiger partial charge is 0.181 e. The van der Waals surface area contributed by atoms with E-state index in [2.05, 4.69) is 0 Å². The molecule has 0 saturated heterocycles. The van der Waals surface area contributed by atoms with E-state index in [1.165, 1.54) is 0 Å². The summed E-state index contributed by atoms with van der Waals surface area (Å²) in [7, 11) is -3.67. The van der Waals surface area contributed by atoms with E-state index in [0.717, 1.165) is 16.7 Å². The summed E-state index contributed by atoms with van der Waals surface area (Å²) in [6, 6.07) is 25.8. The molecule has 3 aromatic rings. The van der Waals surface area contributed by atoms with E-state index in [0.29, 0.717) is 6.61 Å². The van der Waals surface area contributed by atoms with Gasteiger partial charge in [-0.25, -0.2) is 8.42 Å². The van der Waals surface area contributed by atoms with Gasteiger partial charge in [-0.2, -0.15) is 0 Å². The van der Waals surface area contributed by atoms with Gasteiger partial charge in [-0.3, -0.25) is 0 Å². The number of ether oxygens (including phenoxy) is 2. The maximum Gasteiger partial charge on any atom is 0.181 e. The number of aliphatic hydroxyl groups excluding tert-OH is 1. The second-order valence-corrected chi connectivity index (χ2v) is 9.53. The maximum absolute atomic E-state index is 12.8. The molecule has 5 nitrogen and oxygen atoms in total. The summed E-state index contributed by atoms with van der Waals surface area (Å²) in [5.41, 5.74) is 2.90. The zero-order valence-corrected chi connectivity index (χ0v) is 18.4. The van der Waals surface area contributed by atoms with E-state index in [4.69, 9.17) is 9.47 Å². The van der Waals surface area contributed by atoms with Crippen molar-refractivity contribution in [2.24, 2.45) is 0 Å². The zero-order chi connectivity index (χ0) is 22.1.